The standard InChI is InChI=1S/C23H24N2O4/c1-4-16-5-8-19(9-6-16)24-23(27)18-7-10-22(26)25(15-18)14-17-11-20(28-2)13-21(12-17)29-3/h5-13,15H,4,14H2,1-3H3,(H,24,27). The number of amides is 1. The van der Waals surface area contributed by atoms with Crippen molar-refractivity contribution in [1.29, 1.82) is 0 Å². The van der Waals surface area contributed by atoms with E-state index >= 15 is 0 Å². The number of rotatable bonds is 7. The molecule has 0 aliphatic rings. The first-order valence-electron chi connectivity index (χ1n) is 9.35. The fourth-order valence-corrected chi connectivity index (χ4v) is 2.97. The zero-order chi connectivity index (χ0) is 20.8. The Morgan fingerprint density at radius 2 is 1.59 bits per heavy atom. The Balaban J connectivity index is 1.82. The Hall–Kier alpha value is -3.54. The quantitative estimate of drug-likeness (QED) is 0.665. The molecule has 0 unspecified atom stereocenters. The van der Waals surface area contributed by atoms with Crippen LogP contribution in [0.25, 0.3) is 0 Å². The van der Waals surface area contributed by atoms with Gasteiger partial charge in [-0.25, -0.2) is 0 Å². The van der Waals surface area contributed by atoms with Crippen molar-refractivity contribution in [2.45, 2.75) is 19.9 Å². The number of ether oxygens (including phenoxy) is 2. The van der Waals surface area contributed by atoms with E-state index in [4.69, 9.17) is 9.47 Å². The Morgan fingerprint density at radius 3 is 2.17 bits per heavy atom. The second-order valence-electron chi connectivity index (χ2n) is 6.61. The third kappa shape index (κ3) is 5.04. The normalized spacial score (nSPS) is 10.4. The van der Waals surface area contributed by atoms with Crippen molar-refractivity contribution >= 4 is 11.6 Å². The molecule has 1 amide bonds. The molecule has 3 rings (SSSR count). The lowest BCUT2D eigenvalue weighted by Crippen LogP contribution is -2.22. The highest BCUT2D eigenvalue weighted by Gasteiger charge is 2.10. The van der Waals surface area contributed by atoms with Crippen LogP contribution in [0.3, 0.4) is 0 Å². The van der Waals surface area contributed by atoms with Gasteiger partial charge in [0.2, 0.25) is 0 Å². The first-order chi connectivity index (χ1) is 14.0. The van der Waals surface area contributed by atoms with Crippen molar-refractivity contribution in [3.05, 3.63) is 87.8 Å². The third-order valence-corrected chi connectivity index (χ3v) is 4.63. The van der Waals surface area contributed by atoms with Gasteiger partial charge in [0, 0.05) is 24.0 Å². The molecule has 0 fully saturated rings. The van der Waals surface area contributed by atoms with Crippen molar-refractivity contribution in [2.24, 2.45) is 0 Å². The van der Waals surface area contributed by atoms with Crippen LogP contribution in [0, 0.1) is 0 Å². The van der Waals surface area contributed by atoms with Gasteiger partial charge in [-0.05, 0) is 47.9 Å². The third-order valence-electron chi connectivity index (χ3n) is 4.63. The highest BCUT2D eigenvalue weighted by atomic mass is 16.5. The van der Waals surface area contributed by atoms with Crippen molar-refractivity contribution in [3.63, 3.8) is 0 Å². The molecule has 0 saturated heterocycles. The molecular formula is C23H24N2O4. The minimum atomic E-state index is -0.272. The van der Waals surface area contributed by atoms with Gasteiger partial charge in [0.15, 0.2) is 0 Å². The van der Waals surface area contributed by atoms with Gasteiger partial charge in [-0.2, -0.15) is 0 Å². The van der Waals surface area contributed by atoms with Crippen molar-refractivity contribution in [3.8, 4) is 11.5 Å². The van der Waals surface area contributed by atoms with E-state index < -0.39 is 0 Å². The molecule has 0 spiro atoms. The first-order valence-corrected chi connectivity index (χ1v) is 9.35. The Bertz CT molecular complexity index is 1030. The van der Waals surface area contributed by atoms with E-state index in [0.29, 0.717) is 29.3 Å². The molecule has 0 radical (unpaired) electrons. The van der Waals surface area contributed by atoms with Gasteiger partial charge in [0.25, 0.3) is 11.5 Å². The molecule has 6 heteroatoms. The highest BCUT2D eigenvalue weighted by molar-refractivity contribution is 6.04. The lowest BCUT2D eigenvalue weighted by atomic mass is 10.1. The van der Waals surface area contributed by atoms with Crippen LogP contribution in [0.1, 0.15) is 28.4 Å². The van der Waals surface area contributed by atoms with Crippen LogP contribution in [-0.2, 0) is 13.0 Å². The molecule has 150 valence electrons. The van der Waals surface area contributed by atoms with Gasteiger partial charge >= 0.3 is 0 Å². The summed E-state index contributed by atoms with van der Waals surface area (Å²) >= 11 is 0. The summed E-state index contributed by atoms with van der Waals surface area (Å²) < 4.78 is 12.0. The largest absolute Gasteiger partial charge is 0.497 e. The maximum absolute atomic E-state index is 12.6. The van der Waals surface area contributed by atoms with Crippen LogP contribution in [-0.4, -0.2) is 24.7 Å². The molecule has 3 aromatic rings. The van der Waals surface area contributed by atoms with Gasteiger partial charge in [-0.1, -0.05) is 19.1 Å². The summed E-state index contributed by atoms with van der Waals surface area (Å²) in [5.41, 5.74) is 2.94. The van der Waals surface area contributed by atoms with Crippen LogP contribution in [0.5, 0.6) is 11.5 Å². The maximum Gasteiger partial charge on any atom is 0.257 e. The summed E-state index contributed by atoms with van der Waals surface area (Å²) in [5.74, 6) is 1.000. The number of hydrogen-bond donors (Lipinski definition) is 1. The van der Waals surface area contributed by atoms with Crippen LogP contribution < -0.4 is 20.3 Å². The van der Waals surface area contributed by atoms with Crippen molar-refractivity contribution < 1.29 is 14.3 Å². The summed E-state index contributed by atoms with van der Waals surface area (Å²) in [7, 11) is 3.14. The highest BCUT2D eigenvalue weighted by Crippen LogP contribution is 2.23. The fraction of sp³-hybridized carbons (Fsp3) is 0.217. The molecule has 6 nitrogen and oxygen atoms in total. The lowest BCUT2D eigenvalue weighted by Gasteiger charge is -2.12. The summed E-state index contributed by atoms with van der Waals surface area (Å²) in [6, 6.07) is 16.0. The van der Waals surface area contributed by atoms with Crippen molar-refractivity contribution in [1.82, 2.24) is 4.57 Å². The van der Waals surface area contributed by atoms with E-state index in [-0.39, 0.29) is 11.5 Å². The van der Waals surface area contributed by atoms with E-state index in [1.165, 1.54) is 22.3 Å². The number of benzene rings is 2. The number of pyridine rings is 1. The average molecular weight is 392 g/mol. The molecule has 29 heavy (non-hydrogen) atoms. The van der Waals surface area contributed by atoms with E-state index in [1.54, 1.807) is 26.5 Å². The number of nitrogens with zero attached hydrogens (tertiary/aromatic N) is 1. The van der Waals surface area contributed by atoms with Gasteiger partial charge in [-0.15, -0.1) is 0 Å². The van der Waals surface area contributed by atoms with Crippen LogP contribution in [0.4, 0.5) is 5.69 Å². The summed E-state index contributed by atoms with van der Waals surface area (Å²) in [6.45, 7) is 2.37. The monoisotopic (exact) mass is 392 g/mol. The summed E-state index contributed by atoms with van der Waals surface area (Å²) in [6.07, 6.45) is 2.50. The van der Waals surface area contributed by atoms with Gasteiger partial charge in [-0.3, -0.25) is 9.59 Å². The van der Waals surface area contributed by atoms with Gasteiger partial charge < -0.3 is 19.4 Å². The molecule has 1 heterocycles. The minimum Gasteiger partial charge on any atom is -0.497 e. The number of carbonyl (C=O) groups excluding carboxylic acids is 1. The minimum absolute atomic E-state index is 0.198. The molecule has 1 N–H and O–H groups in total. The Morgan fingerprint density at radius 1 is 0.931 bits per heavy atom. The van der Waals surface area contributed by atoms with Crippen LogP contribution >= 0.6 is 0 Å². The molecular weight excluding hydrogens is 368 g/mol. The first kappa shape index (κ1) is 20.2. The molecule has 0 atom stereocenters. The summed E-state index contributed by atoms with van der Waals surface area (Å²) in [4.78, 5) is 24.9. The number of nitrogens with one attached hydrogen (secondary N) is 1. The second-order valence-corrected chi connectivity index (χ2v) is 6.61. The smallest absolute Gasteiger partial charge is 0.257 e. The molecule has 0 bridgehead atoms. The predicted molar refractivity (Wildman–Crippen MR) is 113 cm³/mol. The fourth-order valence-electron chi connectivity index (χ4n) is 2.97. The zero-order valence-electron chi connectivity index (χ0n) is 16.8. The molecule has 0 aliphatic carbocycles. The van der Waals surface area contributed by atoms with E-state index in [0.717, 1.165) is 12.0 Å². The number of aryl methyl sites for hydroxylation is 1. The van der Waals surface area contributed by atoms with E-state index in [2.05, 4.69) is 12.2 Å². The SMILES string of the molecule is CCc1ccc(NC(=O)c2ccc(=O)n(Cc3cc(OC)cc(OC)c3)c2)cc1. The maximum atomic E-state index is 12.6. The Kier molecular flexibility index (Phi) is 6.34. The average Bonchev–Trinajstić information content (AvgIpc) is 2.75. The number of methoxy groups -OCH3 is 2. The van der Waals surface area contributed by atoms with Gasteiger partial charge in [0.1, 0.15) is 11.5 Å². The van der Waals surface area contributed by atoms with Crippen LogP contribution in [0.15, 0.2) is 65.6 Å². The molecule has 0 aliphatic heterocycles. The van der Waals surface area contributed by atoms with Gasteiger partial charge in [0.05, 0.1) is 26.3 Å². The molecule has 2 aromatic carbocycles. The zero-order valence-corrected chi connectivity index (χ0v) is 16.8. The van der Waals surface area contributed by atoms with Crippen molar-refractivity contribution in [2.75, 3.05) is 19.5 Å². The molecule has 1 aromatic heterocycles. The number of hydrogen-bond acceptors (Lipinski definition) is 4. The number of anilines is 1. The molecule has 0 saturated carbocycles. The summed E-state index contributed by atoms with van der Waals surface area (Å²) in [5, 5.41) is 2.86. The second kappa shape index (κ2) is 9.10. The topological polar surface area (TPSA) is 69.6 Å². The van der Waals surface area contributed by atoms with E-state index in [9.17, 15) is 9.59 Å². The lowest BCUT2D eigenvalue weighted by molar-refractivity contribution is 0.102. The number of carbonyl (C=O) groups is 1. The predicted octanol–water partition coefficient (Wildman–Crippen LogP) is 3.73. The van der Waals surface area contributed by atoms with E-state index in [1.807, 2.05) is 36.4 Å². The van der Waals surface area contributed by atoms with Crippen LogP contribution in [0.2, 0.25) is 0 Å². The Labute approximate surface area is 169 Å². The number of aromatic nitrogens is 1.